The van der Waals surface area contributed by atoms with E-state index in [0.717, 1.165) is 77.0 Å². The van der Waals surface area contributed by atoms with Crippen molar-refractivity contribution in [2.45, 2.75) is 334 Å². The molecule has 0 heterocycles. The minimum atomic E-state index is -4.36. The zero-order valence-corrected chi connectivity index (χ0v) is 55.6. The highest BCUT2D eigenvalue weighted by Crippen LogP contribution is 2.43. The zero-order valence-electron chi connectivity index (χ0n) is 54.7. The van der Waals surface area contributed by atoms with E-state index in [0.29, 0.717) is 17.4 Å². The van der Waals surface area contributed by atoms with Crippen molar-refractivity contribution in [2.75, 3.05) is 40.9 Å². The van der Waals surface area contributed by atoms with Gasteiger partial charge in [0.2, 0.25) is 5.91 Å². The van der Waals surface area contributed by atoms with Crippen LogP contribution in [-0.2, 0) is 18.4 Å². The van der Waals surface area contributed by atoms with Crippen molar-refractivity contribution in [3.8, 4) is 0 Å². The highest BCUT2D eigenvalue weighted by molar-refractivity contribution is 7.47. The molecule has 3 atom stereocenters. The number of hydrogen-bond acceptors (Lipinski definition) is 5. The van der Waals surface area contributed by atoms with E-state index in [1.807, 2.05) is 27.2 Å². The Morgan fingerprint density at radius 2 is 0.732 bits per heavy atom. The molecule has 0 aliphatic carbocycles. The Kier molecular flexibility index (Phi) is 61.4. The van der Waals surface area contributed by atoms with Gasteiger partial charge in [0.05, 0.1) is 39.9 Å². The fraction of sp³-hybridized carbons (Fsp3) is 0.795. The van der Waals surface area contributed by atoms with Crippen LogP contribution in [0.4, 0.5) is 0 Å². The maximum Gasteiger partial charge on any atom is 0.472 e. The third-order valence-electron chi connectivity index (χ3n) is 15.6. The number of quaternary nitrogens is 1. The lowest BCUT2D eigenvalue weighted by atomic mass is 10.0. The van der Waals surface area contributed by atoms with Crippen molar-refractivity contribution in [1.29, 1.82) is 0 Å². The summed E-state index contributed by atoms with van der Waals surface area (Å²) in [7, 11) is 1.58. The molecular weight excluding hydrogens is 1030 g/mol. The molecular formula is C73H136N2O6P+. The maximum absolute atomic E-state index is 13.1. The standard InChI is InChI=1S/C73H135N2O6P/c1-6-8-10-12-14-16-18-20-22-24-26-28-30-32-34-35-36-37-38-39-41-43-45-47-49-51-53-55-57-59-61-63-65-67-73(77)74-71(70-81-82(78,79)80-69-68-75(3,4)5)72(76)66-64-62-60-58-56-54-52-50-48-46-44-42-40-33-31-29-27-25-23-21-19-17-15-13-11-9-7-2/h8,10,14,16,20,22,26,28,32,34,36-37,64,66,71-72,76H,6-7,9,11-13,15,17-19,21,23-25,27,29-31,33,35,38-63,65,67-70H2,1-5H3,(H-,74,77,78,79)/p+1/b10-8-,16-14-,22-20-,28-26-,34-32-,37-36-,66-64+. The van der Waals surface area contributed by atoms with Gasteiger partial charge in [-0.25, -0.2) is 4.57 Å². The molecule has 0 spiro atoms. The van der Waals surface area contributed by atoms with Crippen molar-refractivity contribution in [2.24, 2.45) is 0 Å². The average molecular weight is 1170 g/mol. The van der Waals surface area contributed by atoms with Crippen molar-refractivity contribution >= 4 is 13.7 Å². The molecule has 0 fully saturated rings. The summed E-state index contributed by atoms with van der Waals surface area (Å²) in [6.45, 7) is 4.74. The number of nitrogens with one attached hydrogen (secondary N) is 1. The van der Waals surface area contributed by atoms with Gasteiger partial charge in [-0.15, -0.1) is 0 Å². The predicted molar refractivity (Wildman–Crippen MR) is 360 cm³/mol. The van der Waals surface area contributed by atoms with Crippen LogP contribution in [-0.4, -0.2) is 73.4 Å². The Bertz CT molecular complexity index is 1610. The van der Waals surface area contributed by atoms with Crippen LogP contribution in [0, 0.1) is 0 Å². The number of hydrogen-bond donors (Lipinski definition) is 3. The van der Waals surface area contributed by atoms with Crippen LogP contribution >= 0.6 is 7.82 Å². The Balaban J connectivity index is 4.09. The van der Waals surface area contributed by atoms with Gasteiger partial charge < -0.3 is 19.8 Å². The SMILES string of the molecule is CC/C=C\C/C=C\C/C=C\C/C=C\C/C=C\C/C=C\CCCCCCCCCCCCCCCCC(=O)NC(COP(=O)(O)OCC[N+](C)(C)C)C(O)/C=C/CCCCCCCCCCCCCCCCCCCCCCCCCCC. The van der Waals surface area contributed by atoms with E-state index in [1.54, 1.807) is 6.08 Å². The van der Waals surface area contributed by atoms with Crippen molar-refractivity contribution in [3.63, 3.8) is 0 Å². The predicted octanol–water partition coefficient (Wildman–Crippen LogP) is 22.3. The first-order valence-corrected chi connectivity index (χ1v) is 36.5. The average Bonchev–Trinajstić information content (AvgIpc) is 3.47. The normalized spacial score (nSPS) is 14.2. The van der Waals surface area contributed by atoms with E-state index in [1.165, 1.54) is 225 Å². The molecule has 3 N–H and O–H groups in total. The molecule has 9 heteroatoms. The lowest BCUT2D eigenvalue weighted by Crippen LogP contribution is -2.45. The second kappa shape index (κ2) is 63.2. The molecule has 0 aromatic carbocycles. The van der Waals surface area contributed by atoms with E-state index in [4.69, 9.17) is 9.05 Å². The summed E-state index contributed by atoms with van der Waals surface area (Å²) in [6, 6.07) is -0.852. The lowest BCUT2D eigenvalue weighted by molar-refractivity contribution is -0.870. The fourth-order valence-corrected chi connectivity index (χ4v) is 11.0. The molecule has 0 aromatic rings. The Labute approximate surface area is 509 Å². The first kappa shape index (κ1) is 79.7. The molecule has 8 nitrogen and oxygen atoms in total. The quantitative estimate of drug-likeness (QED) is 0.0243. The van der Waals surface area contributed by atoms with Gasteiger partial charge in [0, 0.05) is 6.42 Å². The third-order valence-corrected chi connectivity index (χ3v) is 16.6. The van der Waals surface area contributed by atoms with Crippen LogP contribution in [0.25, 0.3) is 0 Å². The van der Waals surface area contributed by atoms with E-state index in [-0.39, 0.29) is 19.1 Å². The van der Waals surface area contributed by atoms with Crippen LogP contribution in [0.2, 0.25) is 0 Å². The molecule has 0 radical (unpaired) electrons. The van der Waals surface area contributed by atoms with Gasteiger partial charge in [0.1, 0.15) is 13.2 Å². The number of amides is 1. The van der Waals surface area contributed by atoms with E-state index < -0.39 is 20.0 Å². The smallest absolute Gasteiger partial charge is 0.387 e. The van der Waals surface area contributed by atoms with Crippen molar-refractivity contribution < 1.29 is 32.9 Å². The number of unbranched alkanes of at least 4 members (excludes halogenated alkanes) is 39. The minimum Gasteiger partial charge on any atom is -0.387 e. The topological polar surface area (TPSA) is 105 Å². The minimum absolute atomic E-state index is 0.0596. The summed E-state index contributed by atoms with van der Waals surface area (Å²) in [4.78, 5) is 23.4. The Morgan fingerprint density at radius 1 is 0.427 bits per heavy atom. The monoisotopic (exact) mass is 1170 g/mol. The number of carbonyl (C=O) groups excluding carboxylic acids is 1. The van der Waals surface area contributed by atoms with E-state index in [2.05, 4.69) is 92.1 Å². The molecule has 3 unspecified atom stereocenters. The number of aliphatic hydroxyl groups excluding tert-OH is 1. The zero-order chi connectivity index (χ0) is 59.8. The Hall–Kier alpha value is -2.32. The first-order valence-electron chi connectivity index (χ1n) is 35.0. The van der Waals surface area contributed by atoms with E-state index in [9.17, 15) is 19.4 Å². The van der Waals surface area contributed by atoms with Crippen LogP contribution < -0.4 is 5.32 Å². The van der Waals surface area contributed by atoms with Gasteiger partial charge in [-0.1, -0.05) is 330 Å². The summed E-state index contributed by atoms with van der Waals surface area (Å²) in [5.74, 6) is -0.176. The highest BCUT2D eigenvalue weighted by atomic mass is 31.2. The molecule has 0 aliphatic heterocycles. The van der Waals surface area contributed by atoms with Crippen molar-refractivity contribution in [3.05, 3.63) is 85.1 Å². The second-order valence-electron chi connectivity index (χ2n) is 24.9. The first-order chi connectivity index (χ1) is 40.0. The van der Waals surface area contributed by atoms with Gasteiger partial charge >= 0.3 is 7.82 Å². The summed E-state index contributed by atoms with van der Waals surface area (Å²) in [5, 5.41) is 14.0. The number of nitrogens with zero attached hydrogens (tertiary/aromatic N) is 1. The number of likely N-dealkylation sites (N-methyl/N-ethyl adjacent to an activating group) is 1. The lowest BCUT2D eigenvalue weighted by Gasteiger charge is -2.25. The molecule has 0 aromatic heterocycles. The molecule has 478 valence electrons. The molecule has 0 saturated heterocycles. The third kappa shape index (κ3) is 65.2. The number of phosphoric ester groups is 1. The number of carbonyl (C=O) groups is 1. The molecule has 0 bridgehead atoms. The maximum atomic E-state index is 13.1. The summed E-state index contributed by atoms with van der Waals surface area (Å²) < 4.78 is 23.8. The van der Waals surface area contributed by atoms with Gasteiger partial charge in [-0.2, -0.15) is 0 Å². The van der Waals surface area contributed by atoms with Gasteiger partial charge in [-0.3, -0.25) is 13.8 Å². The number of rotatable bonds is 64. The second-order valence-corrected chi connectivity index (χ2v) is 26.3. The summed E-state index contributed by atoms with van der Waals surface area (Å²) in [6.07, 6.45) is 90.1. The molecule has 0 rings (SSSR count). The summed E-state index contributed by atoms with van der Waals surface area (Å²) >= 11 is 0. The number of allylic oxidation sites excluding steroid dienone is 13. The molecule has 82 heavy (non-hydrogen) atoms. The molecule has 0 aliphatic rings. The fourth-order valence-electron chi connectivity index (χ4n) is 10.2. The van der Waals surface area contributed by atoms with Crippen LogP contribution in [0.15, 0.2) is 85.1 Å². The van der Waals surface area contributed by atoms with Gasteiger partial charge in [0.25, 0.3) is 0 Å². The number of phosphoric acid groups is 1. The van der Waals surface area contributed by atoms with Crippen molar-refractivity contribution in [1.82, 2.24) is 5.32 Å². The van der Waals surface area contributed by atoms with Gasteiger partial charge in [0.15, 0.2) is 0 Å². The summed E-state index contributed by atoms with van der Waals surface area (Å²) in [5.41, 5.74) is 0. The van der Waals surface area contributed by atoms with Gasteiger partial charge in [-0.05, 0) is 70.6 Å². The largest absolute Gasteiger partial charge is 0.472 e. The molecule has 1 amide bonds. The highest BCUT2D eigenvalue weighted by Gasteiger charge is 2.28. The van der Waals surface area contributed by atoms with E-state index >= 15 is 0 Å². The Morgan fingerprint density at radius 3 is 1.07 bits per heavy atom. The molecule has 0 saturated carbocycles. The van der Waals surface area contributed by atoms with Crippen LogP contribution in [0.3, 0.4) is 0 Å². The number of aliphatic hydroxyl groups is 1. The van der Waals surface area contributed by atoms with Crippen LogP contribution in [0.5, 0.6) is 0 Å². The van der Waals surface area contributed by atoms with Crippen LogP contribution in [0.1, 0.15) is 322 Å².